The zero-order chi connectivity index (χ0) is 14.4. The summed E-state index contributed by atoms with van der Waals surface area (Å²) in [5.41, 5.74) is 1.72. The number of ether oxygens (including phenoxy) is 1. The van der Waals surface area contributed by atoms with E-state index in [9.17, 15) is 4.79 Å². The SMILES string of the molecule is CCNC(=O)CNCc1ccc2cccc(OC)c2n1. The van der Waals surface area contributed by atoms with Gasteiger partial charge in [-0.3, -0.25) is 4.79 Å². The lowest BCUT2D eigenvalue weighted by Gasteiger charge is -2.08. The molecule has 1 amide bonds. The molecule has 106 valence electrons. The van der Waals surface area contributed by atoms with Crippen LogP contribution in [0.3, 0.4) is 0 Å². The number of hydrogen-bond acceptors (Lipinski definition) is 4. The number of aromatic nitrogens is 1. The lowest BCUT2D eigenvalue weighted by Crippen LogP contribution is -2.33. The van der Waals surface area contributed by atoms with Gasteiger partial charge in [0.1, 0.15) is 11.3 Å². The van der Waals surface area contributed by atoms with E-state index in [1.165, 1.54) is 0 Å². The van der Waals surface area contributed by atoms with Gasteiger partial charge in [-0.2, -0.15) is 0 Å². The fraction of sp³-hybridized carbons (Fsp3) is 0.333. The predicted molar refractivity (Wildman–Crippen MR) is 78.7 cm³/mol. The first-order chi connectivity index (χ1) is 9.74. The zero-order valence-electron chi connectivity index (χ0n) is 11.8. The average molecular weight is 273 g/mol. The summed E-state index contributed by atoms with van der Waals surface area (Å²) in [6, 6.07) is 9.79. The minimum absolute atomic E-state index is 0.00845. The Morgan fingerprint density at radius 3 is 2.90 bits per heavy atom. The van der Waals surface area contributed by atoms with Crippen molar-refractivity contribution in [3.63, 3.8) is 0 Å². The number of carbonyl (C=O) groups is 1. The highest BCUT2D eigenvalue weighted by Crippen LogP contribution is 2.23. The van der Waals surface area contributed by atoms with E-state index in [-0.39, 0.29) is 5.91 Å². The molecule has 1 aromatic heterocycles. The van der Waals surface area contributed by atoms with Crippen LogP contribution in [0, 0.1) is 0 Å². The maximum absolute atomic E-state index is 11.3. The van der Waals surface area contributed by atoms with E-state index >= 15 is 0 Å². The lowest BCUT2D eigenvalue weighted by atomic mass is 10.2. The van der Waals surface area contributed by atoms with Crippen LogP contribution in [0.2, 0.25) is 0 Å². The maximum atomic E-state index is 11.3. The molecule has 5 heteroatoms. The summed E-state index contributed by atoms with van der Waals surface area (Å²) in [5.74, 6) is 0.749. The Morgan fingerprint density at radius 1 is 1.30 bits per heavy atom. The Bertz CT molecular complexity index is 599. The summed E-state index contributed by atoms with van der Waals surface area (Å²) in [7, 11) is 1.64. The first kappa shape index (κ1) is 14.3. The molecule has 0 aliphatic heterocycles. The molecule has 0 aliphatic rings. The maximum Gasteiger partial charge on any atom is 0.233 e. The molecule has 0 bridgehead atoms. The van der Waals surface area contributed by atoms with Crippen molar-refractivity contribution >= 4 is 16.8 Å². The summed E-state index contributed by atoms with van der Waals surface area (Å²) in [4.78, 5) is 15.9. The summed E-state index contributed by atoms with van der Waals surface area (Å²) in [5, 5.41) is 6.85. The predicted octanol–water partition coefficient (Wildman–Crippen LogP) is 1.47. The van der Waals surface area contributed by atoms with Crippen molar-refractivity contribution < 1.29 is 9.53 Å². The quantitative estimate of drug-likeness (QED) is 0.836. The van der Waals surface area contributed by atoms with Gasteiger partial charge in [0.05, 0.1) is 19.3 Å². The monoisotopic (exact) mass is 273 g/mol. The van der Waals surface area contributed by atoms with Crippen LogP contribution >= 0.6 is 0 Å². The minimum atomic E-state index is -0.00845. The van der Waals surface area contributed by atoms with Crippen LogP contribution < -0.4 is 15.4 Å². The van der Waals surface area contributed by atoms with E-state index < -0.39 is 0 Å². The van der Waals surface area contributed by atoms with Gasteiger partial charge >= 0.3 is 0 Å². The van der Waals surface area contributed by atoms with Crippen molar-refractivity contribution in [1.29, 1.82) is 0 Å². The van der Waals surface area contributed by atoms with Gasteiger partial charge in [0.25, 0.3) is 0 Å². The molecule has 0 unspecified atom stereocenters. The highest BCUT2D eigenvalue weighted by molar-refractivity contribution is 5.84. The molecule has 1 aromatic carbocycles. The Labute approximate surface area is 118 Å². The fourth-order valence-corrected chi connectivity index (χ4v) is 1.99. The zero-order valence-corrected chi connectivity index (χ0v) is 11.8. The van der Waals surface area contributed by atoms with Crippen molar-refractivity contribution in [1.82, 2.24) is 15.6 Å². The number of nitrogens with zero attached hydrogens (tertiary/aromatic N) is 1. The highest BCUT2D eigenvalue weighted by atomic mass is 16.5. The third-order valence-corrected chi connectivity index (χ3v) is 2.93. The number of nitrogens with one attached hydrogen (secondary N) is 2. The summed E-state index contributed by atoms with van der Waals surface area (Å²) in [6.07, 6.45) is 0. The Kier molecular flexibility index (Phi) is 4.90. The number of likely N-dealkylation sites (N-methyl/N-ethyl adjacent to an activating group) is 1. The lowest BCUT2D eigenvalue weighted by molar-refractivity contribution is -0.120. The van der Waals surface area contributed by atoms with Crippen LogP contribution in [-0.2, 0) is 11.3 Å². The van der Waals surface area contributed by atoms with Crippen LogP contribution in [0.5, 0.6) is 5.75 Å². The van der Waals surface area contributed by atoms with E-state index in [0.29, 0.717) is 19.6 Å². The van der Waals surface area contributed by atoms with E-state index in [1.54, 1.807) is 7.11 Å². The first-order valence-electron chi connectivity index (χ1n) is 6.64. The van der Waals surface area contributed by atoms with Crippen molar-refractivity contribution in [2.45, 2.75) is 13.5 Å². The van der Waals surface area contributed by atoms with Gasteiger partial charge in [0.15, 0.2) is 0 Å². The average Bonchev–Trinajstić information content (AvgIpc) is 2.47. The third kappa shape index (κ3) is 3.45. The standard InChI is InChI=1S/C15H19N3O2/c1-3-17-14(19)10-16-9-12-8-7-11-5-4-6-13(20-2)15(11)18-12/h4-8,16H,3,9-10H2,1-2H3,(H,17,19). The van der Waals surface area contributed by atoms with Crippen molar-refractivity contribution in [2.24, 2.45) is 0 Å². The number of fused-ring (bicyclic) bond motifs is 1. The number of para-hydroxylation sites is 1. The largest absolute Gasteiger partial charge is 0.494 e. The number of methoxy groups -OCH3 is 1. The van der Waals surface area contributed by atoms with Crippen molar-refractivity contribution in [3.8, 4) is 5.75 Å². The molecule has 5 nitrogen and oxygen atoms in total. The van der Waals surface area contributed by atoms with Crippen LogP contribution in [0.4, 0.5) is 0 Å². The van der Waals surface area contributed by atoms with Gasteiger partial charge in [-0.15, -0.1) is 0 Å². The smallest absolute Gasteiger partial charge is 0.233 e. The van der Waals surface area contributed by atoms with Gasteiger partial charge < -0.3 is 15.4 Å². The second-order valence-corrected chi connectivity index (χ2v) is 4.39. The summed E-state index contributed by atoms with van der Waals surface area (Å²) >= 11 is 0. The number of hydrogen-bond donors (Lipinski definition) is 2. The molecule has 0 radical (unpaired) electrons. The Hall–Kier alpha value is -2.14. The molecule has 0 spiro atoms. The number of pyridine rings is 1. The molecule has 2 N–H and O–H groups in total. The number of benzene rings is 1. The van der Waals surface area contributed by atoms with Crippen LogP contribution in [0.25, 0.3) is 10.9 Å². The molecular formula is C15H19N3O2. The van der Waals surface area contributed by atoms with Crippen LogP contribution in [0.15, 0.2) is 30.3 Å². The van der Waals surface area contributed by atoms with Crippen LogP contribution in [0.1, 0.15) is 12.6 Å². The molecule has 20 heavy (non-hydrogen) atoms. The number of amides is 1. The van der Waals surface area contributed by atoms with Crippen molar-refractivity contribution in [2.75, 3.05) is 20.2 Å². The molecule has 2 rings (SSSR count). The van der Waals surface area contributed by atoms with Gasteiger partial charge in [0, 0.05) is 18.5 Å². The molecule has 0 fully saturated rings. The number of carbonyl (C=O) groups excluding carboxylic acids is 1. The van der Waals surface area contributed by atoms with Gasteiger partial charge in [-0.1, -0.05) is 18.2 Å². The minimum Gasteiger partial charge on any atom is -0.494 e. The Balaban J connectivity index is 2.06. The van der Waals surface area contributed by atoms with E-state index in [4.69, 9.17) is 4.74 Å². The fourth-order valence-electron chi connectivity index (χ4n) is 1.99. The molecule has 2 aromatic rings. The summed E-state index contributed by atoms with van der Waals surface area (Å²) in [6.45, 7) is 3.38. The van der Waals surface area contributed by atoms with E-state index in [0.717, 1.165) is 22.3 Å². The highest BCUT2D eigenvalue weighted by Gasteiger charge is 2.04. The molecule has 0 atom stereocenters. The second kappa shape index (κ2) is 6.86. The molecule has 0 saturated carbocycles. The number of rotatable bonds is 6. The molecule has 0 aliphatic carbocycles. The van der Waals surface area contributed by atoms with Crippen LogP contribution in [-0.4, -0.2) is 31.1 Å². The third-order valence-electron chi connectivity index (χ3n) is 2.93. The Morgan fingerprint density at radius 2 is 2.15 bits per heavy atom. The first-order valence-corrected chi connectivity index (χ1v) is 6.64. The topological polar surface area (TPSA) is 63.2 Å². The van der Waals surface area contributed by atoms with Crippen molar-refractivity contribution in [3.05, 3.63) is 36.0 Å². The molecular weight excluding hydrogens is 254 g/mol. The second-order valence-electron chi connectivity index (χ2n) is 4.39. The molecule has 1 heterocycles. The molecule has 0 saturated heterocycles. The van der Waals surface area contributed by atoms with Gasteiger partial charge in [-0.25, -0.2) is 4.98 Å². The van der Waals surface area contributed by atoms with E-state index in [1.807, 2.05) is 37.3 Å². The normalized spacial score (nSPS) is 10.5. The van der Waals surface area contributed by atoms with E-state index in [2.05, 4.69) is 15.6 Å². The van der Waals surface area contributed by atoms with Gasteiger partial charge in [-0.05, 0) is 19.1 Å². The summed E-state index contributed by atoms with van der Waals surface area (Å²) < 4.78 is 5.31. The van der Waals surface area contributed by atoms with Gasteiger partial charge in [0.2, 0.25) is 5.91 Å².